The van der Waals surface area contributed by atoms with E-state index in [9.17, 15) is 0 Å². The van der Waals surface area contributed by atoms with Crippen molar-refractivity contribution in [1.82, 2.24) is 14.8 Å². The van der Waals surface area contributed by atoms with Gasteiger partial charge in [-0.3, -0.25) is 0 Å². The van der Waals surface area contributed by atoms with Crippen LogP contribution in [-0.4, -0.2) is 25.3 Å². The molecule has 11 heavy (non-hydrogen) atoms. The zero-order valence-corrected chi connectivity index (χ0v) is 8.21. The van der Waals surface area contributed by atoms with Crippen molar-refractivity contribution in [2.24, 2.45) is 0 Å². The van der Waals surface area contributed by atoms with Gasteiger partial charge in [-0.2, -0.15) is 9.67 Å². The third-order valence-corrected chi connectivity index (χ3v) is 1.88. The van der Waals surface area contributed by atoms with Crippen LogP contribution in [0.2, 0.25) is 0 Å². The first-order chi connectivity index (χ1) is 5.15. The quantitative estimate of drug-likeness (QED) is 0.401. The number of thioether (sulfide) groups is 1. The van der Waals surface area contributed by atoms with Crippen LogP contribution < -0.4 is 5.73 Å². The molecule has 0 unspecified atom stereocenters. The molecule has 2 N–H and O–H groups in total. The lowest BCUT2D eigenvalue weighted by molar-refractivity contribution is 0.902. The summed E-state index contributed by atoms with van der Waals surface area (Å²) in [4.78, 5) is 3.91. The topological polar surface area (TPSA) is 56.7 Å². The highest BCUT2D eigenvalue weighted by Gasteiger charge is 2.06. The molecule has 0 amide bonds. The summed E-state index contributed by atoms with van der Waals surface area (Å²) in [5.41, 5.74) is 5.46. The molecule has 1 rings (SSSR count). The van der Waals surface area contributed by atoms with Crippen molar-refractivity contribution >= 4 is 46.9 Å². The monoisotopic (exact) mass is 206 g/mol. The Bertz CT molecular complexity index is 281. The van der Waals surface area contributed by atoms with Crippen molar-refractivity contribution in [3.8, 4) is 0 Å². The minimum absolute atomic E-state index is 0.273. The smallest absolute Gasteiger partial charge is 0.225 e. The number of rotatable bonds is 1. The largest absolute Gasteiger partial charge is 0.368 e. The fraction of sp³-hybridized carbons (Fsp3) is 0.250. The van der Waals surface area contributed by atoms with Gasteiger partial charge in [-0.1, -0.05) is 24.0 Å². The van der Waals surface area contributed by atoms with Gasteiger partial charge in [-0.25, -0.2) is 0 Å². The van der Waals surface area contributed by atoms with Crippen LogP contribution in [-0.2, 0) is 0 Å². The van der Waals surface area contributed by atoms with E-state index < -0.39 is 0 Å². The molecule has 0 saturated carbocycles. The Morgan fingerprint density at radius 1 is 1.82 bits per heavy atom. The molecular formula is C4H6N4S3. The number of nitrogens with zero attached hydrogens (tertiary/aromatic N) is 3. The number of anilines is 1. The maximum Gasteiger partial charge on any atom is 0.225 e. The number of thiocarbonyl (C=S) groups is 1. The highest BCUT2D eigenvalue weighted by atomic mass is 32.2. The van der Waals surface area contributed by atoms with Gasteiger partial charge in [0.1, 0.15) is 0 Å². The molecular weight excluding hydrogens is 200 g/mol. The van der Waals surface area contributed by atoms with E-state index in [4.69, 9.17) is 18.0 Å². The van der Waals surface area contributed by atoms with Crippen LogP contribution in [0.25, 0.3) is 0 Å². The van der Waals surface area contributed by atoms with Crippen LogP contribution in [0, 0.1) is 0 Å². The summed E-state index contributed by atoms with van der Waals surface area (Å²) in [6, 6.07) is 0. The van der Waals surface area contributed by atoms with Gasteiger partial charge in [0.05, 0.1) is 0 Å². The molecule has 0 aliphatic heterocycles. The van der Waals surface area contributed by atoms with Gasteiger partial charge >= 0.3 is 0 Å². The second-order valence-electron chi connectivity index (χ2n) is 1.65. The van der Waals surface area contributed by atoms with Gasteiger partial charge in [-0.05, 0) is 6.26 Å². The van der Waals surface area contributed by atoms with Crippen LogP contribution in [0.15, 0.2) is 5.16 Å². The average molecular weight is 206 g/mol. The molecule has 1 heterocycles. The van der Waals surface area contributed by atoms with Crippen molar-refractivity contribution < 1.29 is 0 Å². The predicted octanol–water partition coefficient (Wildman–Crippen LogP) is 0.645. The third kappa shape index (κ3) is 1.85. The van der Waals surface area contributed by atoms with Crippen LogP contribution in [0.5, 0.6) is 0 Å². The molecule has 0 atom stereocenters. The highest BCUT2D eigenvalue weighted by Crippen LogP contribution is 2.11. The summed E-state index contributed by atoms with van der Waals surface area (Å²) in [6.07, 6.45) is 1.86. The van der Waals surface area contributed by atoms with E-state index in [1.165, 1.54) is 16.4 Å². The van der Waals surface area contributed by atoms with E-state index >= 15 is 0 Å². The van der Waals surface area contributed by atoms with Gasteiger partial charge in [-0.15, -0.1) is 17.7 Å². The van der Waals surface area contributed by atoms with Crippen LogP contribution >= 0.6 is 36.6 Å². The Hall–Kier alpha value is -0.270. The second kappa shape index (κ2) is 3.42. The van der Waals surface area contributed by atoms with Crippen molar-refractivity contribution in [3.63, 3.8) is 0 Å². The zero-order valence-electron chi connectivity index (χ0n) is 5.68. The number of hydrogen-bond donors (Lipinski definition) is 2. The normalized spacial score (nSPS) is 10.0. The van der Waals surface area contributed by atoms with Crippen molar-refractivity contribution in [3.05, 3.63) is 0 Å². The summed E-state index contributed by atoms with van der Waals surface area (Å²) in [5.74, 6) is 0.273. The first kappa shape index (κ1) is 8.82. The number of aromatic nitrogens is 3. The van der Waals surface area contributed by atoms with Gasteiger partial charge in [0.25, 0.3) is 0 Å². The first-order valence-electron chi connectivity index (χ1n) is 2.65. The molecule has 0 fully saturated rings. The van der Waals surface area contributed by atoms with E-state index in [0.29, 0.717) is 9.48 Å². The SMILES string of the molecule is CSc1nc(N)n(C(=S)S)n1. The van der Waals surface area contributed by atoms with Gasteiger partial charge in [0, 0.05) is 0 Å². The zero-order chi connectivity index (χ0) is 8.43. The molecule has 0 spiro atoms. The van der Waals surface area contributed by atoms with Crippen molar-refractivity contribution in [2.45, 2.75) is 5.16 Å². The second-order valence-corrected chi connectivity index (χ2v) is 3.54. The third-order valence-electron chi connectivity index (χ3n) is 0.977. The summed E-state index contributed by atoms with van der Waals surface area (Å²) in [7, 11) is 0. The number of thiol groups is 1. The molecule has 0 aliphatic carbocycles. The van der Waals surface area contributed by atoms with Crippen LogP contribution in [0.1, 0.15) is 0 Å². The summed E-state index contributed by atoms with van der Waals surface area (Å²) < 4.78 is 1.61. The molecule has 1 aromatic heterocycles. The molecule has 0 bridgehead atoms. The molecule has 0 aromatic carbocycles. The lowest BCUT2D eigenvalue weighted by atomic mass is 11.0. The Morgan fingerprint density at radius 2 is 2.45 bits per heavy atom. The van der Waals surface area contributed by atoms with E-state index in [1.54, 1.807) is 0 Å². The van der Waals surface area contributed by atoms with Gasteiger partial charge < -0.3 is 5.73 Å². The van der Waals surface area contributed by atoms with Crippen molar-refractivity contribution in [2.75, 3.05) is 12.0 Å². The highest BCUT2D eigenvalue weighted by molar-refractivity contribution is 8.11. The fourth-order valence-corrected chi connectivity index (χ4v) is 1.16. The van der Waals surface area contributed by atoms with Crippen molar-refractivity contribution in [1.29, 1.82) is 0 Å². The standard InChI is InChI=1S/C4H6N4S3/c1-11-3-6-2(5)8(7-3)4(9)10/h1H3,(H,9,10)(H2,5,6,7). The van der Waals surface area contributed by atoms with E-state index in [2.05, 4.69) is 22.7 Å². The fourth-order valence-electron chi connectivity index (χ4n) is 0.532. The molecule has 0 saturated heterocycles. The molecule has 0 aliphatic rings. The Balaban J connectivity index is 3.07. The van der Waals surface area contributed by atoms with Gasteiger partial charge in [0.15, 0.2) is 4.32 Å². The molecule has 7 heteroatoms. The van der Waals surface area contributed by atoms with Crippen LogP contribution in [0.3, 0.4) is 0 Å². The minimum Gasteiger partial charge on any atom is -0.368 e. The first-order valence-corrected chi connectivity index (χ1v) is 4.73. The molecule has 60 valence electrons. The van der Waals surface area contributed by atoms with E-state index in [-0.39, 0.29) is 5.95 Å². The molecule has 0 radical (unpaired) electrons. The summed E-state index contributed by atoms with van der Waals surface area (Å²) >= 11 is 10.1. The maximum absolute atomic E-state index is 5.46. The molecule has 1 aromatic rings. The Kier molecular flexibility index (Phi) is 2.74. The Labute approximate surface area is 79.0 Å². The van der Waals surface area contributed by atoms with E-state index in [1.807, 2.05) is 6.26 Å². The Morgan fingerprint density at radius 3 is 2.73 bits per heavy atom. The molecule has 4 nitrogen and oxygen atoms in total. The average Bonchev–Trinajstić information content (AvgIpc) is 2.30. The van der Waals surface area contributed by atoms with Gasteiger partial charge in [0.2, 0.25) is 11.1 Å². The maximum atomic E-state index is 5.46. The number of hydrogen-bond acceptors (Lipinski definition) is 5. The lowest BCUT2D eigenvalue weighted by Gasteiger charge is -1.93. The summed E-state index contributed by atoms with van der Waals surface area (Å²) in [6.45, 7) is 0. The minimum atomic E-state index is 0.273. The summed E-state index contributed by atoms with van der Waals surface area (Å²) in [5, 5.41) is 4.55. The number of nitrogens with two attached hydrogens (primary N) is 1. The lowest BCUT2D eigenvalue weighted by Crippen LogP contribution is -2.07. The predicted molar refractivity (Wildman–Crippen MR) is 53.2 cm³/mol. The van der Waals surface area contributed by atoms with E-state index in [0.717, 1.165) is 0 Å². The van der Waals surface area contributed by atoms with Crippen LogP contribution in [0.4, 0.5) is 5.95 Å². The number of nitrogen functional groups attached to an aromatic ring is 1.